The fourth-order valence-corrected chi connectivity index (χ4v) is 3.93. The minimum Gasteiger partial charge on any atom is -0.508 e. The Kier molecular flexibility index (Phi) is 2.70. The van der Waals surface area contributed by atoms with Crippen LogP contribution in [0.5, 0.6) is 11.5 Å². The van der Waals surface area contributed by atoms with E-state index in [4.69, 9.17) is 15.2 Å². The number of hydrogen-bond acceptors (Lipinski definition) is 6. The van der Waals surface area contributed by atoms with Gasteiger partial charge in [-0.15, -0.1) is 0 Å². The van der Waals surface area contributed by atoms with E-state index in [1.54, 1.807) is 30.3 Å². The first-order valence-corrected chi connectivity index (χ1v) is 8.07. The number of nitrogens with two attached hydrogens (primary N) is 1. The van der Waals surface area contributed by atoms with Crippen molar-refractivity contribution in [2.75, 3.05) is 5.73 Å². The largest absolute Gasteiger partial charge is 0.508 e. The Hall–Kier alpha value is -3.54. The van der Waals surface area contributed by atoms with E-state index in [1.165, 1.54) is 24.3 Å². The minimum atomic E-state index is -1.18. The molecule has 1 spiro atoms. The maximum Gasteiger partial charge on any atom is 0.339 e. The molecule has 0 saturated heterocycles. The van der Waals surface area contributed by atoms with Gasteiger partial charge in [0.05, 0.1) is 11.5 Å². The highest BCUT2D eigenvalue weighted by Gasteiger charge is 2.57. The van der Waals surface area contributed by atoms with Crippen LogP contribution in [0, 0.1) is 5.92 Å². The average Bonchev–Trinajstić information content (AvgIpc) is 2.87. The lowest BCUT2D eigenvalue weighted by Gasteiger charge is -2.42. The summed E-state index contributed by atoms with van der Waals surface area (Å²) in [6.45, 7) is 0. The molecule has 0 aromatic heterocycles. The van der Waals surface area contributed by atoms with Gasteiger partial charge >= 0.3 is 5.97 Å². The number of fused-ring (bicyclic) bond motifs is 6. The van der Waals surface area contributed by atoms with Crippen LogP contribution in [0.3, 0.4) is 0 Å². The fraction of sp³-hybridized carbons (Fsp3) is 0.100. The van der Waals surface area contributed by atoms with Gasteiger partial charge in [-0.1, -0.05) is 12.1 Å². The Morgan fingerprint density at radius 3 is 2.73 bits per heavy atom. The Labute approximate surface area is 148 Å². The number of anilines is 1. The van der Waals surface area contributed by atoms with Gasteiger partial charge in [-0.3, -0.25) is 4.79 Å². The lowest BCUT2D eigenvalue weighted by atomic mass is 9.71. The van der Waals surface area contributed by atoms with E-state index in [-0.39, 0.29) is 11.5 Å². The Morgan fingerprint density at radius 1 is 1.08 bits per heavy atom. The highest BCUT2D eigenvalue weighted by atomic mass is 16.6. The molecule has 6 nitrogen and oxygen atoms in total. The van der Waals surface area contributed by atoms with Crippen LogP contribution in [0.25, 0.3) is 0 Å². The number of phenols is 1. The molecule has 26 heavy (non-hydrogen) atoms. The van der Waals surface area contributed by atoms with Crippen molar-refractivity contribution >= 4 is 17.4 Å². The summed E-state index contributed by atoms with van der Waals surface area (Å²) in [5.74, 6) is -0.473. The molecular formula is C20H13NO5. The van der Waals surface area contributed by atoms with Gasteiger partial charge in [0.2, 0.25) is 0 Å². The third-order valence-corrected chi connectivity index (χ3v) is 4.99. The maximum atomic E-state index is 12.6. The van der Waals surface area contributed by atoms with Gasteiger partial charge in [-0.2, -0.15) is 0 Å². The van der Waals surface area contributed by atoms with Crippen LogP contribution in [-0.2, 0) is 15.1 Å². The zero-order chi connectivity index (χ0) is 18.1. The second kappa shape index (κ2) is 4.76. The molecule has 0 bridgehead atoms. The first-order chi connectivity index (χ1) is 12.5. The van der Waals surface area contributed by atoms with Crippen LogP contribution in [0.15, 0.2) is 60.4 Å². The lowest BCUT2D eigenvalue weighted by Crippen LogP contribution is -2.42. The molecule has 6 heteroatoms. The first kappa shape index (κ1) is 14.8. The summed E-state index contributed by atoms with van der Waals surface area (Å²) in [6, 6.07) is 9.69. The Morgan fingerprint density at radius 2 is 1.88 bits per heavy atom. The number of hydrogen-bond donors (Lipinski definition) is 2. The third-order valence-electron chi connectivity index (χ3n) is 4.99. The molecule has 3 aliphatic rings. The number of nitrogen functional groups attached to an aromatic ring is 1. The number of ketones is 1. The van der Waals surface area contributed by atoms with Gasteiger partial charge in [0.15, 0.2) is 11.4 Å². The summed E-state index contributed by atoms with van der Waals surface area (Å²) in [5, 5.41) is 9.85. The van der Waals surface area contributed by atoms with Crippen LogP contribution >= 0.6 is 0 Å². The molecule has 2 aromatic rings. The van der Waals surface area contributed by atoms with Crippen molar-refractivity contribution in [3.05, 3.63) is 77.1 Å². The maximum absolute atomic E-state index is 12.6. The van der Waals surface area contributed by atoms with Crippen molar-refractivity contribution in [2.24, 2.45) is 5.92 Å². The number of carbonyl (C=O) groups is 2. The summed E-state index contributed by atoms with van der Waals surface area (Å²) in [5.41, 5.74) is 6.77. The molecule has 0 amide bonds. The van der Waals surface area contributed by atoms with Crippen molar-refractivity contribution in [2.45, 2.75) is 5.60 Å². The molecule has 5 rings (SSSR count). The van der Waals surface area contributed by atoms with Gasteiger partial charge in [0.25, 0.3) is 0 Å². The van der Waals surface area contributed by atoms with E-state index in [0.717, 1.165) is 0 Å². The summed E-state index contributed by atoms with van der Waals surface area (Å²) >= 11 is 0. The number of ether oxygens (including phenoxy) is 2. The summed E-state index contributed by atoms with van der Waals surface area (Å²) in [4.78, 5) is 24.5. The quantitative estimate of drug-likeness (QED) is 0.561. The topological polar surface area (TPSA) is 98.9 Å². The molecule has 0 fully saturated rings. The molecule has 1 aliphatic carbocycles. The van der Waals surface area contributed by atoms with Crippen LogP contribution in [-0.4, -0.2) is 16.9 Å². The molecule has 2 heterocycles. The smallest absolute Gasteiger partial charge is 0.339 e. The lowest BCUT2D eigenvalue weighted by molar-refractivity contribution is -0.110. The number of allylic oxidation sites excluding steroid dienone is 2. The molecule has 2 aromatic carbocycles. The minimum absolute atomic E-state index is 0.0116. The molecule has 2 atom stereocenters. The molecule has 0 saturated carbocycles. The van der Waals surface area contributed by atoms with Crippen molar-refractivity contribution < 1.29 is 24.2 Å². The van der Waals surface area contributed by atoms with Crippen molar-refractivity contribution in [3.63, 3.8) is 0 Å². The summed E-state index contributed by atoms with van der Waals surface area (Å²) in [6.07, 6.45) is 4.50. The second-order valence-corrected chi connectivity index (χ2v) is 6.50. The number of aromatic hydroxyl groups is 1. The molecular weight excluding hydrogens is 334 g/mol. The Balaban J connectivity index is 1.86. The van der Waals surface area contributed by atoms with Gasteiger partial charge in [0, 0.05) is 29.0 Å². The molecule has 128 valence electrons. The predicted octanol–water partition coefficient (Wildman–Crippen LogP) is 2.42. The second-order valence-electron chi connectivity index (χ2n) is 6.50. The Bertz CT molecular complexity index is 1070. The average molecular weight is 347 g/mol. The SMILES string of the molecule is Nc1ccc2c(c1)C(=O)OC21c2ccc(O)cc2OC2=CC(=O)C=CC21. The molecule has 2 unspecified atom stereocenters. The van der Waals surface area contributed by atoms with E-state index < -0.39 is 17.5 Å². The number of rotatable bonds is 0. The standard InChI is InChI=1S/C20H13NO5/c21-10-1-4-14-13(7-10)19(24)26-20(14)15-5-2-11(22)8-17(15)25-18-9-12(23)3-6-16(18)20/h1-9,15,23H,21H2. The van der Waals surface area contributed by atoms with Crippen LogP contribution in [0.1, 0.15) is 21.5 Å². The highest BCUT2D eigenvalue weighted by Crippen LogP contribution is 2.56. The van der Waals surface area contributed by atoms with Gasteiger partial charge < -0.3 is 20.3 Å². The van der Waals surface area contributed by atoms with E-state index in [9.17, 15) is 14.7 Å². The summed E-state index contributed by atoms with van der Waals surface area (Å²) in [7, 11) is 0. The van der Waals surface area contributed by atoms with Crippen LogP contribution < -0.4 is 10.5 Å². The van der Waals surface area contributed by atoms with E-state index in [0.29, 0.717) is 33.9 Å². The first-order valence-electron chi connectivity index (χ1n) is 8.07. The molecule has 0 radical (unpaired) electrons. The van der Waals surface area contributed by atoms with Crippen LogP contribution in [0.2, 0.25) is 0 Å². The highest BCUT2D eigenvalue weighted by molar-refractivity contribution is 6.01. The molecule has 2 aliphatic heterocycles. The fourth-order valence-electron chi connectivity index (χ4n) is 3.93. The monoisotopic (exact) mass is 347 g/mol. The summed E-state index contributed by atoms with van der Waals surface area (Å²) < 4.78 is 11.8. The van der Waals surface area contributed by atoms with Crippen molar-refractivity contribution in [1.29, 1.82) is 0 Å². The predicted molar refractivity (Wildman–Crippen MR) is 91.5 cm³/mol. The van der Waals surface area contributed by atoms with Gasteiger partial charge in [-0.05, 0) is 30.3 Å². The van der Waals surface area contributed by atoms with Crippen molar-refractivity contribution in [1.82, 2.24) is 0 Å². The number of esters is 1. The van der Waals surface area contributed by atoms with E-state index in [2.05, 4.69) is 0 Å². The van der Waals surface area contributed by atoms with Gasteiger partial charge in [-0.25, -0.2) is 4.79 Å². The van der Waals surface area contributed by atoms with Crippen molar-refractivity contribution in [3.8, 4) is 11.5 Å². The molecule has 3 N–H and O–H groups in total. The van der Waals surface area contributed by atoms with Gasteiger partial charge in [0.1, 0.15) is 17.3 Å². The zero-order valence-electron chi connectivity index (χ0n) is 13.4. The van der Waals surface area contributed by atoms with Crippen LogP contribution in [0.4, 0.5) is 5.69 Å². The number of benzene rings is 2. The number of phenolic OH excluding ortho intramolecular Hbond substituents is 1. The number of carbonyl (C=O) groups excluding carboxylic acids is 2. The van der Waals surface area contributed by atoms with E-state index >= 15 is 0 Å². The zero-order valence-corrected chi connectivity index (χ0v) is 13.4. The van der Waals surface area contributed by atoms with E-state index in [1.807, 2.05) is 0 Å². The normalized spacial score (nSPS) is 25.1. The third kappa shape index (κ3) is 1.75.